The van der Waals surface area contributed by atoms with Crippen LogP contribution in [0, 0.1) is 5.92 Å². The number of carbonyl (C=O) groups excluding carboxylic acids is 2. The van der Waals surface area contributed by atoms with Crippen LogP contribution in [0.15, 0.2) is 54.2 Å². The molecule has 0 bridgehead atoms. The van der Waals surface area contributed by atoms with Crippen LogP contribution in [0.25, 0.3) is 6.08 Å². The number of hydrogen-bond acceptors (Lipinski definition) is 5. The van der Waals surface area contributed by atoms with Crippen molar-refractivity contribution in [2.24, 2.45) is 5.92 Å². The molecule has 3 N–H and O–H groups in total. The van der Waals surface area contributed by atoms with Gasteiger partial charge in [0.15, 0.2) is 11.5 Å². The minimum absolute atomic E-state index is 0.0883. The molecule has 1 aliphatic rings. The van der Waals surface area contributed by atoms with Gasteiger partial charge in [-0.2, -0.15) is 0 Å². The maximum atomic E-state index is 12.9. The van der Waals surface area contributed by atoms with Gasteiger partial charge in [-0.25, -0.2) is 4.79 Å². The van der Waals surface area contributed by atoms with E-state index in [0.717, 1.165) is 0 Å². The molecule has 8 heteroatoms. The predicted molar refractivity (Wildman–Crippen MR) is 109 cm³/mol. The van der Waals surface area contributed by atoms with Gasteiger partial charge in [-0.3, -0.25) is 9.59 Å². The highest BCUT2D eigenvalue weighted by atomic mass is 16.7. The normalized spacial score (nSPS) is 13.6. The van der Waals surface area contributed by atoms with Crippen molar-refractivity contribution in [3.63, 3.8) is 0 Å². The molecular weight excluding hydrogens is 388 g/mol. The van der Waals surface area contributed by atoms with Crippen molar-refractivity contribution in [3.05, 3.63) is 65.4 Å². The summed E-state index contributed by atoms with van der Waals surface area (Å²) in [5.74, 6) is -1.61. The zero-order valence-electron chi connectivity index (χ0n) is 16.5. The van der Waals surface area contributed by atoms with Crippen molar-refractivity contribution in [3.8, 4) is 11.5 Å². The first-order chi connectivity index (χ1) is 14.3. The van der Waals surface area contributed by atoms with E-state index in [-0.39, 0.29) is 18.4 Å². The average molecular weight is 410 g/mol. The summed E-state index contributed by atoms with van der Waals surface area (Å²) in [4.78, 5) is 36.9. The summed E-state index contributed by atoms with van der Waals surface area (Å²) in [7, 11) is 0. The number of ether oxygens (including phenoxy) is 2. The number of rotatable bonds is 7. The zero-order chi connectivity index (χ0) is 21.7. The van der Waals surface area contributed by atoms with Crippen LogP contribution < -0.4 is 20.1 Å². The van der Waals surface area contributed by atoms with Gasteiger partial charge in [0.1, 0.15) is 11.7 Å². The maximum Gasteiger partial charge on any atom is 0.326 e. The fraction of sp³-hybridized carbons (Fsp3) is 0.227. The molecule has 30 heavy (non-hydrogen) atoms. The Kier molecular flexibility index (Phi) is 6.36. The smallest absolute Gasteiger partial charge is 0.326 e. The number of nitrogens with one attached hydrogen (secondary N) is 2. The molecular formula is C22H22N2O6. The van der Waals surface area contributed by atoms with Gasteiger partial charge in [-0.1, -0.05) is 38.1 Å². The van der Waals surface area contributed by atoms with Crippen LogP contribution in [0.2, 0.25) is 0 Å². The molecule has 0 aliphatic carbocycles. The summed E-state index contributed by atoms with van der Waals surface area (Å²) >= 11 is 0. The van der Waals surface area contributed by atoms with Gasteiger partial charge < -0.3 is 25.2 Å². The fourth-order valence-corrected chi connectivity index (χ4v) is 2.84. The number of carboxylic acid groups (broad SMARTS) is 1. The summed E-state index contributed by atoms with van der Waals surface area (Å²) < 4.78 is 10.6. The van der Waals surface area contributed by atoms with Crippen LogP contribution in [0.3, 0.4) is 0 Å². The monoisotopic (exact) mass is 410 g/mol. The molecule has 0 fully saturated rings. The molecule has 0 radical (unpaired) electrons. The quantitative estimate of drug-likeness (QED) is 0.604. The van der Waals surface area contributed by atoms with E-state index in [0.29, 0.717) is 22.6 Å². The fourth-order valence-electron chi connectivity index (χ4n) is 2.84. The minimum atomic E-state index is -1.16. The summed E-state index contributed by atoms with van der Waals surface area (Å²) in [5.41, 5.74) is 0.851. The highest BCUT2D eigenvalue weighted by Gasteiger charge is 2.26. The Balaban J connectivity index is 1.90. The number of carboxylic acids is 1. The molecule has 1 atom stereocenters. The second-order valence-electron chi connectivity index (χ2n) is 7.02. The molecule has 0 saturated carbocycles. The number of hydrogen-bond donors (Lipinski definition) is 3. The SMILES string of the molecule is CC(C)[C@H](NC(=O)/C(=C/c1ccc2c(c1)OCO2)NC(=O)c1ccccc1)C(=O)O. The highest BCUT2D eigenvalue weighted by Crippen LogP contribution is 2.33. The Morgan fingerprint density at radius 2 is 1.73 bits per heavy atom. The predicted octanol–water partition coefficient (Wildman–Crippen LogP) is 2.41. The van der Waals surface area contributed by atoms with Crippen molar-refractivity contribution >= 4 is 23.9 Å². The number of aliphatic carboxylic acids is 1. The van der Waals surface area contributed by atoms with E-state index in [2.05, 4.69) is 10.6 Å². The van der Waals surface area contributed by atoms with E-state index in [1.54, 1.807) is 62.4 Å². The maximum absolute atomic E-state index is 12.9. The number of fused-ring (bicyclic) bond motifs is 1. The molecule has 0 aromatic heterocycles. The first-order valence-electron chi connectivity index (χ1n) is 9.36. The van der Waals surface area contributed by atoms with E-state index in [4.69, 9.17) is 9.47 Å². The number of carbonyl (C=O) groups is 3. The van der Waals surface area contributed by atoms with Crippen molar-refractivity contribution in [1.29, 1.82) is 0 Å². The van der Waals surface area contributed by atoms with E-state index in [9.17, 15) is 19.5 Å². The Hall–Kier alpha value is -3.81. The summed E-state index contributed by atoms with van der Waals surface area (Å²) in [6, 6.07) is 12.4. The van der Waals surface area contributed by atoms with Crippen LogP contribution in [-0.2, 0) is 9.59 Å². The van der Waals surface area contributed by atoms with Crippen LogP contribution >= 0.6 is 0 Å². The van der Waals surface area contributed by atoms with Gasteiger partial charge >= 0.3 is 5.97 Å². The third-order valence-electron chi connectivity index (χ3n) is 4.46. The molecule has 2 aromatic rings. The Morgan fingerprint density at radius 3 is 2.40 bits per heavy atom. The largest absolute Gasteiger partial charge is 0.480 e. The van der Waals surface area contributed by atoms with Gasteiger partial charge in [0.2, 0.25) is 6.79 Å². The molecule has 0 unspecified atom stereocenters. The molecule has 156 valence electrons. The van der Waals surface area contributed by atoms with E-state index < -0.39 is 23.8 Å². The molecule has 1 heterocycles. The van der Waals surface area contributed by atoms with Crippen molar-refractivity contribution < 1.29 is 29.0 Å². The topological polar surface area (TPSA) is 114 Å². The lowest BCUT2D eigenvalue weighted by atomic mass is 10.0. The second kappa shape index (κ2) is 9.13. The lowest BCUT2D eigenvalue weighted by Crippen LogP contribution is -2.47. The summed E-state index contributed by atoms with van der Waals surface area (Å²) in [6.07, 6.45) is 1.46. The van der Waals surface area contributed by atoms with Crippen molar-refractivity contribution in [2.45, 2.75) is 19.9 Å². The summed E-state index contributed by atoms with van der Waals surface area (Å²) in [6.45, 7) is 3.47. The average Bonchev–Trinajstić information content (AvgIpc) is 3.19. The third kappa shape index (κ3) is 4.96. The molecule has 3 rings (SSSR count). The van der Waals surface area contributed by atoms with Gasteiger partial charge in [0.05, 0.1) is 0 Å². The van der Waals surface area contributed by atoms with Crippen LogP contribution in [-0.4, -0.2) is 35.7 Å². The molecule has 0 saturated heterocycles. The van der Waals surface area contributed by atoms with Crippen LogP contribution in [0.4, 0.5) is 0 Å². The lowest BCUT2D eigenvalue weighted by Gasteiger charge is -2.19. The number of benzene rings is 2. The molecule has 1 aliphatic heterocycles. The first-order valence-corrected chi connectivity index (χ1v) is 9.36. The van der Waals surface area contributed by atoms with E-state index >= 15 is 0 Å². The standard InChI is InChI=1S/C22H22N2O6/c1-13(2)19(22(27)28)24-21(26)16(23-20(25)15-6-4-3-5-7-15)10-14-8-9-17-18(11-14)30-12-29-17/h3-11,13,19H,12H2,1-2H3,(H,23,25)(H,24,26)(H,27,28)/b16-10-/t19-/m0/s1. The van der Waals surface area contributed by atoms with Gasteiger partial charge in [0.25, 0.3) is 11.8 Å². The number of amides is 2. The van der Waals surface area contributed by atoms with Crippen LogP contribution in [0.5, 0.6) is 11.5 Å². The molecule has 2 aromatic carbocycles. The first kappa shape index (κ1) is 20.9. The van der Waals surface area contributed by atoms with Crippen LogP contribution in [0.1, 0.15) is 29.8 Å². The molecule has 2 amide bonds. The second-order valence-corrected chi connectivity index (χ2v) is 7.02. The Labute approximate surface area is 173 Å². The highest BCUT2D eigenvalue weighted by molar-refractivity contribution is 6.06. The third-order valence-corrected chi connectivity index (χ3v) is 4.46. The Morgan fingerprint density at radius 1 is 1.03 bits per heavy atom. The Bertz CT molecular complexity index is 984. The van der Waals surface area contributed by atoms with Crippen molar-refractivity contribution in [1.82, 2.24) is 10.6 Å². The van der Waals surface area contributed by atoms with Crippen molar-refractivity contribution in [2.75, 3.05) is 6.79 Å². The van der Waals surface area contributed by atoms with Gasteiger partial charge in [-0.15, -0.1) is 0 Å². The molecule has 0 spiro atoms. The van der Waals surface area contributed by atoms with E-state index in [1.165, 1.54) is 6.08 Å². The molecule has 8 nitrogen and oxygen atoms in total. The van der Waals surface area contributed by atoms with Gasteiger partial charge in [-0.05, 0) is 41.8 Å². The lowest BCUT2D eigenvalue weighted by molar-refractivity contribution is -0.142. The van der Waals surface area contributed by atoms with E-state index in [1.807, 2.05) is 0 Å². The minimum Gasteiger partial charge on any atom is -0.480 e. The summed E-state index contributed by atoms with van der Waals surface area (Å²) in [5, 5.41) is 14.4. The zero-order valence-corrected chi connectivity index (χ0v) is 16.5. The van der Waals surface area contributed by atoms with Gasteiger partial charge in [0, 0.05) is 5.56 Å².